The van der Waals surface area contributed by atoms with Gasteiger partial charge in [-0.3, -0.25) is 4.90 Å². The van der Waals surface area contributed by atoms with Crippen LogP contribution in [0.15, 0.2) is 30.6 Å². The van der Waals surface area contributed by atoms with Crippen molar-refractivity contribution in [1.82, 2.24) is 14.9 Å². The Bertz CT molecular complexity index is 717. The van der Waals surface area contributed by atoms with Crippen LogP contribution in [0.5, 0.6) is 11.5 Å². The van der Waals surface area contributed by atoms with E-state index in [4.69, 9.17) is 21.1 Å². The van der Waals surface area contributed by atoms with Gasteiger partial charge in [0, 0.05) is 32.2 Å². The first-order valence-corrected chi connectivity index (χ1v) is 8.44. The SMILES string of the molecule is CC(c1ccc2c(c1)OCO2)N1CCN(c2cnc(Cl)cn2)CC1. The van der Waals surface area contributed by atoms with Crippen LogP contribution in [-0.2, 0) is 0 Å². The molecule has 0 N–H and O–H groups in total. The molecule has 2 aromatic rings. The van der Waals surface area contributed by atoms with E-state index >= 15 is 0 Å². The summed E-state index contributed by atoms with van der Waals surface area (Å²) in [6.07, 6.45) is 3.33. The first-order valence-electron chi connectivity index (χ1n) is 8.07. The molecule has 0 bridgehead atoms. The molecule has 2 aliphatic heterocycles. The first kappa shape index (κ1) is 15.5. The van der Waals surface area contributed by atoms with Crippen LogP contribution in [0.1, 0.15) is 18.5 Å². The molecule has 2 aliphatic rings. The van der Waals surface area contributed by atoms with Crippen molar-refractivity contribution in [1.29, 1.82) is 0 Å². The molecule has 1 saturated heterocycles. The van der Waals surface area contributed by atoms with Crippen LogP contribution in [0.2, 0.25) is 5.15 Å². The summed E-state index contributed by atoms with van der Waals surface area (Å²) in [6.45, 7) is 6.33. The van der Waals surface area contributed by atoms with Gasteiger partial charge in [-0.1, -0.05) is 17.7 Å². The van der Waals surface area contributed by atoms with Crippen LogP contribution < -0.4 is 14.4 Å². The van der Waals surface area contributed by atoms with Gasteiger partial charge >= 0.3 is 0 Å². The first-order chi connectivity index (χ1) is 11.7. The van der Waals surface area contributed by atoms with Gasteiger partial charge in [0.25, 0.3) is 0 Å². The van der Waals surface area contributed by atoms with Gasteiger partial charge < -0.3 is 14.4 Å². The Morgan fingerprint density at radius 1 is 1.04 bits per heavy atom. The van der Waals surface area contributed by atoms with Crippen molar-refractivity contribution in [2.75, 3.05) is 37.9 Å². The molecular formula is C17H19ClN4O2. The topological polar surface area (TPSA) is 50.7 Å². The molecule has 0 spiro atoms. The highest BCUT2D eigenvalue weighted by Gasteiger charge is 2.24. The summed E-state index contributed by atoms with van der Waals surface area (Å²) in [5.74, 6) is 2.56. The van der Waals surface area contributed by atoms with Crippen LogP contribution in [0.4, 0.5) is 5.82 Å². The van der Waals surface area contributed by atoms with Gasteiger partial charge in [-0.15, -0.1) is 0 Å². The lowest BCUT2D eigenvalue weighted by Gasteiger charge is -2.38. The molecular weight excluding hydrogens is 328 g/mol. The van der Waals surface area contributed by atoms with Crippen LogP contribution in [0.3, 0.4) is 0 Å². The molecule has 0 radical (unpaired) electrons. The van der Waals surface area contributed by atoms with Crippen molar-refractivity contribution in [3.05, 3.63) is 41.3 Å². The molecule has 0 saturated carbocycles. The highest BCUT2D eigenvalue weighted by atomic mass is 35.5. The Labute approximate surface area is 146 Å². The predicted octanol–water partition coefficient (Wildman–Crippen LogP) is 2.74. The number of rotatable bonds is 3. The average molecular weight is 347 g/mol. The van der Waals surface area contributed by atoms with E-state index in [0.717, 1.165) is 43.5 Å². The number of ether oxygens (including phenoxy) is 2. The smallest absolute Gasteiger partial charge is 0.231 e. The zero-order chi connectivity index (χ0) is 16.5. The summed E-state index contributed by atoms with van der Waals surface area (Å²) in [5.41, 5.74) is 1.25. The number of halogens is 1. The molecule has 0 amide bonds. The van der Waals surface area contributed by atoms with E-state index in [2.05, 4.69) is 38.8 Å². The van der Waals surface area contributed by atoms with Crippen LogP contribution in [0, 0.1) is 0 Å². The molecule has 24 heavy (non-hydrogen) atoms. The number of piperazine rings is 1. The third-order valence-corrected chi connectivity index (χ3v) is 4.87. The Morgan fingerprint density at radius 2 is 1.83 bits per heavy atom. The minimum Gasteiger partial charge on any atom is -0.454 e. The lowest BCUT2D eigenvalue weighted by atomic mass is 10.1. The second-order valence-electron chi connectivity index (χ2n) is 6.01. The summed E-state index contributed by atoms with van der Waals surface area (Å²) in [5, 5.41) is 0.425. The molecule has 7 heteroatoms. The second kappa shape index (κ2) is 6.45. The number of hydrogen-bond donors (Lipinski definition) is 0. The van der Waals surface area contributed by atoms with Gasteiger partial charge in [0.1, 0.15) is 11.0 Å². The zero-order valence-corrected chi connectivity index (χ0v) is 14.2. The highest BCUT2D eigenvalue weighted by Crippen LogP contribution is 2.35. The van der Waals surface area contributed by atoms with Gasteiger partial charge in [-0.25, -0.2) is 9.97 Å². The number of hydrogen-bond acceptors (Lipinski definition) is 6. The Morgan fingerprint density at radius 3 is 2.58 bits per heavy atom. The number of fused-ring (bicyclic) bond motifs is 1. The molecule has 3 heterocycles. The van der Waals surface area contributed by atoms with Crippen molar-refractivity contribution in [2.24, 2.45) is 0 Å². The fraction of sp³-hybridized carbons (Fsp3) is 0.412. The lowest BCUT2D eigenvalue weighted by Crippen LogP contribution is -2.47. The van der Waals surface area contributed by atoms with Crippen LogP contribution >= 0.6 is 11.6 Å². The van der Waals surface area contributed by atoms with E-state index in [9.17, 15) is 0 Å². The molecule has 1 atom stereocenters. The van der Waals surface area contributed by atoms with E-state index in [1.165, 1.54) is 5.56 Å². The molecule has 1 fully saturated rings. The second-order valence-corrected chi connectivity index (χ2v) is 6.40. The largest absolute Gasteiger partial charge is 0.454 e. The minimum absolute atomic E-state index is 0.313. The number of nitrogens with zero attached hydrogens (tertiary/aromatic N) is 4. The van der Waals surface area contributed by atoms with E-state index in [0.29, 0.717) is 18.0 Å². The standard InChI is InChI=1S/C17H19ClN4O2/c1-12(13-2-3-14-15(8-13)24-11-23-14)21-4-6-22(7-5-21)17-10-19-16(18)9-20-17/h2-3,8-10,12H,4-7,11H2,1H3. The fourth-order valence-electron chi connectivity index (χ4n) is 3.19. The maximum absolute atomic E-state index is 5.80. The summed E-state index contributed by atoms with van der Waals surface area (Å²) in [6, 6.07) is 6.53. The third kappa shape index (κ3) is 2.99. The Kier molecular flexibility index (Phi) is 4.16. The van der Waals surface area contributed by atoms with Gasteiger partial charge in [0.15, 0.2) is 11.5 Å². The Hall–Kier alpha value is -2.05. The minimum atomic E-state index is 0.313. The molecule has 1 aromatic heterocycles. The fourth-order valence-corrected chi connectivity index (χ4v) is 3.29. The molecule has 1 aromatic carbocycles. The summed E-state index contributed by atoms with van der Waals surface area (Å²) < 4.78 is 10.9. The number of benzene rings is 1. The zero-order valence-electron chi connectivity index (χ0n) is 13.5. The maximum Gasteiger partial charge on any atom is 0.231 e. The van der Waals surface area contributed by atoms with Gasteiger partial charge in [0.2, 0.25) is 6.79 Å². The van der Waals surface area contributed by atoms with Crippen LogP contribution in [0.25, 0.3) is 0 Å². The van der Waals surface area contributed by atoms with E-state index in [-0.39, 0.29) is 0 Å². The molecule has 1 unspecified atom stereocenters. The third-order valence-electron chi connectivity index (χ3n) is 4.67. The van der Waals surface area contributed by atoms with Crippen LogP contribution in [-0.4, -0.2) is 47.8 Å². The summed E-state index contributed by atoms with van der Waals surface area (Å²) >= 11 is 5.80. The number of anilines is 1. The molecule has 0 aliphatic carbocycles. The van der Waals surface area contributed by atoms with Crippen molar-refractivity contribution < 1.29 is 9.47 Å². The number of aromatic nitrogens is 2. The molecule has 6 nitrogen and oxygen atoms in total. The van der Waals surface area contributed by atoms with Crippen molar-refractivity contribution in [2.45, 2.75) is 13.0 Å². The van der Waals surface area contributed by atoms with Crippen molar-refractivity contribution >= 4 is 17.4 Å². The van der Waals surface area contributed by atoms with E-state index in [1.54, 1.807) is 12.4 Å². The van der Waals surface area contributed by atoms with E-state index < -0.39 is 0 Å². The lowest BCUT2D eigenvalue weighted by molar-refractivity contribution is 0.173. The summed E-state index contributed by atoms with van der Waals surface area (Å²) in [7, 11) is 0. The predicted molar refractivity (Wildman–Crippen MR) is 91.8 cm³/mol. The highest BCUT2D eigenvalue weighted by molar-refractivity contribution is 6.29. The molecule has 4 rings (SSSR count). The maximum atomic E-state index is 5.80. The average Bonchev–Trinajstić information content (AvgIpc) is 3.09. The Balaban J connectivity index is 1.41. The summed E-state index contributed by atoms with van der Waals surface area (Å²) in [4.78, 5) is 13.2. The van der Waals surface area contributed by atoms with Gasteiger partial charge in [0.05, 0.1) is 12.4 Å². The monoisotopic (exact) mass is 346 g/mol. The van der Waals surface area contributed by atoms with Crippen molar-refractivity contribution in [3.8, 4) is 11.5 Å². The normalized spacial score (nSPS) is 18.7. The van der Waals surface area contributed by atoms with Crippen molar-refractivity contribution in [3.63, 3.8) is 0 Å². The van der Waals surface area contributed by atoms with Gasteiger partial charge in [-0.2, -0.15) is 0 Å². The van der Waals surface area contributed by atoms with E-state index in [1.807, 2.05) is 6.07 Å². The quantitative estimate of drug-likeness (QED) is 0.851. The molecule has 126 valence electrons. The van der Waals surface area contributed by atoms with Gasteiger partial charge in [-0.05, 0) is 24.6 Å².